The van der Waals surface area contributed by atoms with Gasteiger partial charge in [-0.15, -0.1) is 0 Å². The zero-order valence-electron chi connectivity index (χ0n) is 25.8. The molecule has 9 unspecified atom stereocenters. The Morgan fingerprint density at radius 2 is 1.71 bits per heavy atom. The van der Waals surface area contributed by atoms with Gasteiger partial charge in [-0.25, -0.2) is 0 Å². The van der Waals surface area contributed by atoms with E-state index in [1.165, 1.54) is 70.5 Å². The van der Waals surface area contributed by atoms with Gasteiger partial charge in [0.05, 0.1) is 7.11 Å². The second-order valence-corrected chi connectivity index (χ2v) is 15.9. The Labute approximate surface area is 233 Å². The molecule has 0 amide bonds. The molecule has 0 spiro atoms. The first-order valence-corrected chi connectivity index (χ1v) is 16.0. The molecule has 3 heteroatoms. The van der Waals surface area contributed by atoms with Crippen LogP contribution in [0.25, 0.3) is 0 Å². The van der Waals surface area contributed by atoms with Crippen molar-refractivity contribution < 1.29 is 9.53 Å². The number of carbonyl (C=O) groups excluding carboxylic acids is 1. The molecule has 9 atom stereocenters. The second-order valence-electron chi connectivity index (χ2n) is 15.9. The van der Waals surface area contributed by atoms with E-state index in [4.69, 9.17) is 10.5 Å². The standard InChI is InChI=1S/C35H57NO2/c1-23(2)25-16-20-35(36)22-21-33(6)26(30(25)35)13-14-28-32(5)18-15-24(11-9-10-12-29(37)38-8)31(3,4)27(32)17-19-34(28,33)7/h15,25-28,30H,1,9-14,16-22,36H2,2-8H3. The summed E-state index contributed by atoms with van der Waals surface area (Å²) in [5, 5.41) is 0. The number of allylic oxidation sites excluding steroid dienone is 3. The molecule has 5 rings (SSSR count). The van der Waals surface area contributed by atoms with Crippen molar-refractivity contribution in [2.75, 3.05) is 7.11 Å². The molecule has 4 saturated carbocycles. The Bertz CT molecular complexity index is 996. The van der Waals surface area contributed by atoms with E-state index in [2.05, 4.69) is 54.2 Å². The molecule has 0 heterocycles. The van der Waals surface area contributed by atoms with Crippen molar-refractivity contribution in [2.45, 2.75) is 131 Å². The molecule has 3 nitrogen and oxygen atoms in total. The minimum absolute atomic E-state index is 0.0381. The van der Waals surface area contributed by atoms with Crippen molar-refractivity contribution in [3.05, 3.63) is 23.8 Å². The third-order valence-electron chi connectivity index (χ3n) is 14.2. The summed E-state index contributed by atoms with van der Waals surface area (Å²) < 4.78 is 4.85. The van der Waals surface area contributed by atoms with Crippen LogP contribution in [0.3, 0.4) is 0 Å². The first-order valence-electron chi connectivity index (χ1n) is 16.0. The highest BCUT2D eigenvalue weighted by atomic mass is 16.5. The van der Waals surface area contributed by atoms with Crippen LogP contribution in [0.4, 0.5) is 0 Å². The van der Waals surface area contributed by atoms with Crippen LogP contribution >= 0.6 is 0 Å². The van der Waals surface area contributed by atoms with Gasteiger partial charge in [-0.05, 0) is 135 Å². The molecule has 5 aliphatic carbocycles. The van der Waals surface area contributed by atoms with E-state index in [0.29, 0.717) is 34.5 Å². The van der Waals surface area contributed by atoms with Gasteiger partial charge in [0.1, 0.15) is 0 Å². The van der Waals surface area contributed by atoms with E-state index in [1.807, 2.05) is 0 Å². The number of unbranched alkanes of at least 4 members (excludes halogenated alkanes) is 1. The Balaban J connectivity index is 1.41. The topological polar surface area (TPSA) is 52.3 Å². The fourth-order valence-corrected chi connectivity index (χ4v) is 12.0. The summed E-state index contributed by atoms with van der Waals surface area (Å²) in [6, 6.07) is 0. The lowest BCUT2D eigenvalue weighted by molar-refractivity contribution is -0.219. The molecule has 0 aromatic rings. The van der Waals surface area contributed by atoms with Crippen LogP contribution < -0.4 is 5.73 Å². The summed E-state index contributed by atoms with van der Waals surface area (Å²) in [5.41, 5.74) is 11.7. The number of esters is 1. The smallest absolute Gasteiger partial charge is 0.305 e. The van der Waals surface area contributed by atoms with Gasteiger partial charge >= 0.3 is 5.97 Å². The molecule has 0 bridgehead atoms. The van der Waals surface area contributed by atoms with Crippen molar-refractivity contribution in [1.82, 2.24) is 0 Å². The quantitative estimate of drug-likeness (QED) is 0.215. The lowest BCUT2D eigenvalue weighted by Crippen LogP contribution is -2.67. The molecule has 0 saturated heterocycles. The largest absolute Gasteiger partial charge is 0.469 e. The van der Waals surface area contributed by atoms with E-state index >= 15 is 0 Å². The average molecular weight is 524 g/mol. The second kappa shape index (κ2) is 9.49. The number of fused-ring (bicyclic) bond motifs is 7. The lowest BCUT2D eigenvalue weighted by atomic mass is 9.33. The predicted octanol–water partition coefficient (Wildman–Crippen LogP) is 8.62. The van der Waals surface area contributed by atoms with Crippen LogP contribution in [0, 0.1) is 51.2 Å². The summed E-state index contributed by atoms with van der Waals surface area (Å²) in [7, 11) is 1.49. The molecule has 0 aromatic heterocycles. The summed E-state index contributed by atoms with van der Waals surface area (Å²) in [5.74, 6) is 3.43. The SMILES string of the molecule is C=C(C)C1CCC2(N)CCC3(C)C(CCC4C5(C)CC=C(CCCCC(=O)OC)C(C)(C)C5CCC43C)C12. The maximum Gasteiger partial charge on any atom is 0.305 e. The van der Waals surface area contributed by atoms with Gasteiger partial charge in [-0.2, -0.15) is 0 Å². The zero-order valence-corrected chi connectivity index (χ0v) is 25.8. The Hall–Kier alpha value is -1.09. The number of rotatable bonds is 6. The lowest BCUT2D eigenvalue weighted by Gasteiger charge is -2.72. The minimum atomic E-state index is -0.0770. The maximum atomic E-state index is 11.6. The Morgan fingerprint density at radius 1 is 0.974 bits per heavy atom. The summed E-state index contributed by atoms with van der Waals surface area (Å²) >= 11 is 0. The molecule has 2 N–H and O–H groups in total. The van der Waals surface area contributed by atoms with Crippen LogP contribution in [-0.2, 0) is 9.53 Å². The fraction of sp³-hybridized carbons (Fsp3) is 0.857. The van der Waals surface area contributed by atoms with E-state index < -0.39 is 0 Å². The molecule has 5 aliphatic rings. The summed E-state index contributed by atoms with van der Waals surface area (Å²) in [6.45, 7) is 19.9. The molecular weight excluding hydrogens is 466 g/mol. The molecular formula is C35H57NO2. The van der Waals surface area contributed by atoms with Gasteiger partial charge in [0.25, 0.3) is 0 Å². The number of nitrogens with two attached hydrogens (primary N) is 1. The van der Waals surface area contributed by atoms with Crippen molar-refractivity contribution in [2.24, 2.45) is 57.0 Å². The highest BCUT2D eigenvalue weighted by Gasteiger charge is 2.69. The minimum Gasteiger partial charge on any atom is -0.469 e. The first kappa shape index (κ1) is 28.4. The summed E-state index contributed by atoms with van der Waals surface area (Å²) in [4.78, 5) is 11.6. The van der Waals surface area contributed by atoms with Gasteiger partial charge in [0.15, 0.2) is 0 Å². The van der Waals surface area contributed by atoms with Crippen LogP contribution in [-0.4, -0.2) is 18.6 Å². The number of carbonyl (C=O) groups is 1. The number of hydrogen-bond acceptors (Lipinski definition) is 3. The van der Waals surface area contributed by atoms with Gasteiger partial charge in [-0.3, -0.25) is 4.79 Å². The maximum absolute atomic E-state index is 11.6. The van der Waals surface area contributed by atoms with Crippen LogP contribution in [0.2, 0.25) is 0 Å². The van der Waals surface area contributed by atoms with Gasteiger partial charge < -0.3 is 10.5 Å². The Morgan fingerprint density at radius 3 is 2.39 bits per heavy atom. The molecule has 0 aromatic carbocycles. The van der Waals surface area contributed by atoms with Gasteiger partial charge in [0.2, 0.25) is 0 Å². The van der Waals surface area contributed by atoms with Crippen LogP contribution in [0.1, 0.15) is 125 Å². The third kappa shape index (κ3) is 3.94. The number of methoxy groups -OCH3 is 1. The van der Waals surface area contributed by atoms with Crippen molar-refractivity contribution in [3.8, 4) is 0 Å². The third-order valence-corrected chi connectivity index (χ3v) is 14.2. The van der Waals surface area contributed by atoms with Gasteiger partial charge in [-0.1, -0.05) is 58.4 Å². The van der Waals surface area contributed by atoms with Crippen molar-refractivity contribution in [1.29, 1.82) is 0 Å². The van der Waals surface area contributed by atoms with Crippen molar-refractivity contribution in [3.63, 3.8) is 0 Å². The molecule has 38 heavy (non-hydrogen) atoms. The van der Waals surface area contributed by atoms with Crippen LogP contribution in [0.15, 0.2) is 23.8 Å². The van der Waals surface area contributed by atoms with E-state index in [-0.39, 0.29) is 16.9 Å². The normalized spacial score (nSPS) is 47.2. The highest BCUT2D eigenvalue weighted by Crippen LogP contribution is 2.76. The van der Waals surface area contributed by atoms with Gasteiger partial charge in [0, 0.05) is 12.0 Å². The van der Waals surface area contributed by atoms with Crippen LogP contribution in [0.5, 0.6) is 0 Å². The summed E-state index contributed by atoms with van der Waals surface area (Å²) in [6.07, 6.45) is 18.0. The monoisotopic (exact) mass is 523 g/mol. The molecule has 0 aliphatic heterocycles. The van der Waals surface area contributed by atoms with Crippen molar-refractivity contribution >= 4 is 5.97 Å². The number of hydrogen-bond donors (Lipinski definition) is 1. The first-order chi connectivity index (χ1) is 17.7. The average Bonchev–Trinajstić information content (AvgIpc) is 3.21. The molecule has 0 radical (unpaired) electrons. The highest BCUT2D eigenvalue weighted by molar-refractivity contribution is 5.68. The fourth-order valence-electron chi connectivity index (χ4n) is 12.0. The Kier molecular flexibility index (Phi) is 7.10. The molecule has 214 valence electrons. The van der Waals surface area contributed by atoms with E-state index in [9.17, 15) is 4.79 Å². The zero-order chi connectivity index (χ0) is 27.7. The van der Waals surface area contributed by atoms with E-state index in [0.717, 1.165) is 37.0 Å². The van der Waals surface area contributed by atoms with E-state index in [1.54, 1.807) is 5.57 Å². The predicted molar refractivity (Wildman–Crippen MR) is 157 cm³/mol. The molecule has 4 fully saturated rings. The number of ether oxygens (including phenoxy) is 1.